The molecular formula is C11H14N2O4. The molecule has 0 bridgehead atoms. The van der Waals surface area contributed by atoms with Crippen molar-refractivity contribution in [2.75, 3.05) is 31.2 Å². The lowest BCUT2D eigenvalue weighted by Gasteiger charge is -2.29. The number of carbonyl (C=O) groups is 1. The highest BCUT2D eigenvalue weighted by molar-refractivity contribution is 5.94. The maximum Gasteiger partial charge on any atom is 0.338 e. The molecule has 0 saturated carbocycles. The van der Waals surface area contributed by atoms with Crippen LogP contribution in [0.5, 0.6) is 0 Å². The maximum absolute atomic E-state index is 12.0. The Balaban J connectivity index is 2.52. The van der Waals surface area contributed by atoms with Gasteiger partial charge in [0.15, 0.2) is 0 Å². The lowest BCUT2D eigenvalue weighted by molar-refractivity contribution is 0.0696. The van der Waals surface area contributed by atoms with E-state index in [1.807, 2.05) is 0 Å². The minimum Gasteiger partial charge on any atom is -0.478 e. The Kier molecular flexibility index (Phi) is 3.14. The van der Waals surface area contributed by atoms with E-state index in [2.05, 4.69) is 0 Å². The molecule has 1 aromatic heterocycles. The topological polar surface area (TPSA) is 71.8 Å². The largest absolute Gasteiger partial charge is 0.478 e. The van der Waals surface area contributed by atoms with Crippen LogP contribution in [0.25, 0.3) is 0 Å². The van der Waals surface area contributed by atoms with E-state index in [1.54, 1.807) is 11.9 Å². The van der Waals surface area contributed by atoms with E-state index in [-0.39, 0.29) is 16.8 Å². The number of ether oxygens (including phenoxy) is 1. The fourth-order valence-electron chi connectivity index (χ4n) is 1.88. The second-order valence-electron chi connectivity index (χ2n) is 3.90. The molecule has 2 rings (SSSR count). The summed E-state index contributed by atoms with van der Waals surface area (Å²) in [6.45, 7) is 2.10. The number of carboxylic acids is 1. The Morgan fingerprint density at radius 2 is 2.06 bits per heavy atom. The highest BCUT2D eigenvalue weighted by Crippen LogP contribution is 2.16. The van der Waals surface area contributed by atoms with E-state index >= 15 is 0 Å². The first-order chi connectivity index (χ1) is 8.11. The molecule has 6 heteroatoms. The van der Waals surface area contributed by atoms with Gasteiger partial charge in [0.25, 0.3) is 5.56 Å². The van der Waals surface area contributed by atoms with Gasteiger partial charge in [-0.2, -0.15) is 0 Å². The van der Waals surface area contributed by atoms with Gasteiger partial charge >= 0.3 is 5.97 Å². The molecule has 6 nitrogen and oxygen atoms in total. The Bertz CT molecular complexity index is 489. The first-order valence-corrected chi connectivity index (χ1v) is 5.37. The lowest BCUT2D eigenvalue weighted by atomic mass is 10.2. The van der Waals surface area contributed by atoms with Crippen molar-refractivity contribution in [3.8, 4) is 0 Å². The summed E-state index contributed by atoms with van der Waals surface area (Å²) in [7, 11) is 1.61. The average Bonchev–Trinajstić information content (AvgIpc) is 2.33. The molecule has 0 spiro atoms. The third-order valence-corrected chi connectivity index (χ3v) is 2.80. The molecule has 2 heterocycles. The van der Waals surface area contributed by atoms with Crippen molar-refractivity contribution >= 4 is 11.7 Å². The third kappa shape index (κ3) is 2.16. The predicted octanol–water partition coefficient (Wildman–Crippen LogP) is -0.0799. The number of aromatic nitrogens is 1. The molecule has 0 unspecified atom stereocenters. The summed E-state index contributed by atoms with van der Waals surface area (Å²) in [5, 5.41) is 9.11. The first kappa shape index (κ1) is 11.7. The zero-order valence-electron chi connectivity index (χ0n) is 9.55. The van der Waals surface area contributed by atoms with Crippen LogP contribution in [0.15, 0.2) is 17.1 Å². The highest BCUT2D eigenvalue weighted by Gasteiger charge is 2.22. The van der Waals surface area contributed by atoms with Crippen LogP contribution < -0.4 is 10.5 Å². The Hall–Kier alpha value is -1.82. The van der Waals surface area contributed by atoms with Gasteiger partial charge in [-0.15, -0.1) is 0 Å². The van der Waals surface area contributed by atoms with Gasteiger partial charge in [0, 0.05) is 26.3 Å². The zero-order valence-corrected chi connectivity index (χ0v) is 9.55. The van der Waals surface area contributed by atoms with E-state index in [1.165, 1.54) is 16.8 Å². The molecule has 0 amide bonds. The van der Waals surface area contributed by atoms with Crippen LogP contribution in [0.3, 0.4) is 0 Å². The van der Waals surface area contributed by atoms with Crippen molar-refractivity contribution in [1.82, 2.24) is 4.57 Å². The minimum atomic E-state index is -1.08. The van der Waals surface area contributed by atoms with E-state index in [4.69, 9.17) is 9.84 Å². The van der Waals surface area contributed by atoms with Crippen LogP contribution in [0.4, 0.5) is 5.69 Å². The molecule has 0 radical (unpaired) electrons. The number of aromatic carboxylic acids is 1. The second-order valence-corrected chi connectivity index (χ2v) is 3.90. The van der Waals surface area contributed by atoms with Gasteiger partial charge in [0.2, 0.25) is 0 Å². The van der Waals surface area contributed by atoms with Crippen LogP contribution in [0.2, 0.25) is 0 Å². The molecule has 92 valence electrons. The van der Waals surface area contributed by atoms with Crippen LogP contribution in [0.1, 0.15) is 10.4 Å². The van der Waals surface area contributed by atoms with Crippen molar-refractivity contribution < 1.29 is 14.6 Å². The molecule has 1 aromatic rings. The fourth-order valence-corrected chi connectivity index (χ4v) is 1.88. The Morgan fingerprint density at radius 3 is 2.65 bits per heavy atom. The minimum absolute atomic E-state index is 0.0509. The lowest BCUT2D eigenvalue weighted by Crippen LogP contribution is -2.41. The van der Waals surface area contributed by atoms with E-state index in [0.29, 0.717) is 26.3 Å². The predicted molar refractivity (Wildman–Crippen MR) is 61.7 cm³/mol. The van der Waals surface area contributed by atoms with Crippen LogP contribution in [-0.4, -0.2) is 41.9 Å². The summed E-state index contributed by atoms with van der Waals surface area (Å²) in [4.78, 5) is 24.9. The zero-order chi connectivity index (χ0) is 12.4. The summed E-state index contributed by atoms with van der Waals surface area (Å²) in [6.07, 6.45) is 1.47. The van der Waals surface area contributed by atoms with Gasteiger partial charge in [0.1, 0.15) is 5.69 Å². The monoisotopic (exact) mass is 238 g/mol. The molecule has 1 N–H and O–H groups in total. The van der Waals surface area contributed by atoms with Gasteiger partial charge in [-0.3, -0.25) is 4.79 Å². The summed E-state index contributed by atoms with van der Waals surface area (Å²) in [5.41, 5.74) is 0.0209. The van der Waals surface area contributed by atoms with Crippen LogP contribution in [0, 0.1) is 0 Å². The van der Waals surface area contributed by atoms with E-state index in [9.17, 15) is 9.59 Å². The normalized spacial score (nSPS) is 15.9. The SMILES string of the molecule is Cn1ccc(C(=O)O)c(N2CCOCC2)c1=O. The second kappa shape index (κ2) is 4.58. The molecule has 1 fully saturated rings. The van der Waals surface area contributed by atoms with Gasteiger partial charge in [-0.1, -0.05) is 0 Å². The van der Waals surface area contributed by atoms with Crippen molar-refractivity contribution in [3.63, 3.8) is 0 Å². The summed E-state index contributed by atoms with van der Waals surface area (Å²) in [5.74, 6) is -1.08. The van der Waals surface area contributed by atoms with Crippen molar-refractivity contribution in [2.45, 2.75) is 0 Å². The molecule has 1 aliphatic heterocycles. The molecule has 0 atom stereocenters. The molecule has 17 heavy (non-hydrogen) atoms. The van der Waals surface area contributed by atoms with Crippen molar-refractivity contribution in [3.05, 3.63) is 28.2 Å². The summed E-state index contributed by atoms with van der Waals surface area (Å²) < 4.78 is 6.58. The number of hydrogen-bond acceptors (Lipinski definition) is 4. The van der Waals surface area contributed by atoms with Crippen LogP contribution in [-0.2, 0) is 11.8 Å². The number of nitrogens with zero attached hydrogens (tertiary/aromatic N) is 2. The summed E-state index contributed by atoms with van der Waals surface area (Å²) in [6, 6.07) is 1.45. The average molecular weight is 238 g/mol. The molecule has 1 aliphatic rings. The number of pyridine rings is 1. The Labute approximate surface area is 98.0 Å². The van der Waals surface area contributed by atoms with Crippen LogP contribution >= 0.6 is 0 Å². The molecule has 0 aliphatic carbocycles. The van der Waals surface area contributed by atoms with Crippen molar-refractivity contribution in [1.29, 1.82) is 0 Å². The number of aryl methyl sites for hydroxylation is 1. The molecule has 1 saturated heterocycles. The van der Waals surface area contributed by atoms with Gasteiger partial charge in [-0.25, -0.2) is 4.79 Å². The quantitative estimate of drug-likeness (QED) is 0.780. The number of rotatable bonds is 2. The molecular weight excluding hydrogens is 224 g/mol. The highest BCUT2D eigenvalue weighted by atomic mass is 16.5. The smallest absolute Gasteiger partial charge is 0.338 e. The summed E-state index contributed by atoms with van der Waals surface area (Å²) >= 11 is 0. The number of anilines is 1. The van der Waals surface area contributed by atoms with Gasteiger partial charge in [-0.05, 0) is 6.07 Å². The number of hydrogen-bond donors (Lipinski definition) is 1. The van der Waals surface area contributed by atoms with Gasteiger partial charge in [0.05, 0.1) is 18.8 Å². The number of carboxylic acid groups (broad SMARTS) is 1. The van der Waals surface area contributed by atoms with Crippen molar-refractivity contribution in [2.24, 2.45) is 7.05 Å². The number of morpholine rings is 1. The standard InChI is InChI=1S/C11H14N2O4/c1-12-3-2-8(11(15)16)9(10(12)14)13-4-6-17-7-5-13/h2-3H,4-7H2,1H3,(H,15,16). The van der Waals surface area contributed by atoms with E-state index in [0.717, 1.165) is 0 Å². The molecule has 0 aromatic carbocycles. The first-order valence-electron chi connectivity index (χ1n) is 5.37. The Morgan fingerprint density at radius 1 is 1.41 bits per heavy atom. The third-order valence-electron chi connectivity index (χ3n) is 2.80. The fraction of sp³-hybridized carbons (Fsp3) is 0.455. The van der Waals surface area contributed by atoms with E-state index < -0.39 is 5.97 Å². The maximum atomic E-state index is 12.0. The van der Waals surface area contributed by atoms with Gasteiger partial charge < -0.3 is 19.3 Å².